The summed E-state index contributed by atoms with van der Waals surface area (Å²) in [6.07, 6.45) is 0. The number of aryl methyl sites for hydroxylation is 1. The average Bonchev–Trinajstić information content (AvgIpc) is 2.53. The van der Waals surface area contributed by atoms with E-state index >= 15 is 0 Å². The number of ether oxygens (including phenoxy) is 2. The summed E-state index contributed by atoms with van der Waals surface area (Å²) in [7, 11) is -4.12. The van der Waals surface area contributed by atoms with Crippen molar-refractivity contribution >= 4 is 21.7 Å². The molecular weight excluding hydrogens is 353 g/mol. The number of hydrogen-bond donors (Lipinski definition) is 2. The summed E-state index contributed by atoms with van der Waals surface area (Å²) in [5.74, 6) is -1.43. The number of halogens is 1. The lowest BCUT2D eigenvalue weighted by molar-refractivity contribution is 0.0697. The minimum atomic E-state index is -4.12. The van der Waals surface area contributed by atoms with E-state index in [-0.39, 0.29) is 46.4 Å². The van der Waals surface area contributed by atoms with Crippen LogP contribution in [0.2, 0.25) is 0 Å². The highest BCUT2D eigenvalue weighted by Gasteiger charge is 2.24. The van der Waals surface area contributed by atoms with E-state index in [1.165, 1.54) is 19.1 Å². The molecule has 0 unspecified atom stereocenters. The van der Waals surface area contributed by atoms with Crippen LogP contribution in [0.1, 0.15) is 15.9 Å². The Kier molecular flexibility index (Phi) is 4.25. The maximum Gasteiger partial charge on any atom is 0.337 e. The average molecular weight is 367 g/mol. The van der Waals surface area contributed by atoms with Crippen molar-refractivity contribution < 1.29 is 32.2 Å². The Morgan fingerprint density at radius 3 is 2.40 bits per heavy atom. The minimum Gasteiger partial charge on any atom is -0.486 e. The summed E-state index contributed by atoms with van der Waals surface area (Å²) < 4.78 is 51.2. The maximum atomic E-state index is 13.2. The van der Waals surface area contributed by atoms with Gasteiger partial charge in [-0.1, -0.05) is 0 Å². The fourth-order valence-corrected chi connectivity index (χ4v) is 3.76. The molecular formula is C16H14FNO6S. The Morgan fingerprint density at radius 2 is 1.80 bits per heavy atom. The van der Waals surface area contributed by atoms with Gasteiger partial charge in [0, 0.05) is 12.1 Å². The largest absolute Gasteiger partial charge is 0.486 e. The van der Waals surface area contributed by atoms with Crippen molar-refractivity contribution in [3.63, 3.8) is 0 Å². The van der Waals surface area contributed by atoms with Gasteiger partial charge in [0.1, 0.15) is 19.0 Å². The molecule has 0 aliphatic carbocycles. The Balaban J connectivity index is 2.05. The molecule has 0 fully saturated rings. The molecule has 7 nitrogen and oxygen atoms in total. The molecule has 0 atom stereocenters. The molecule has 132 valence electrons. The first-order valence-electron chi connectivity index (χ1n) is 7.24. The van der Waals surface area contributed by atoms with Crippen LogP contribution in [0.4, 0.5) is 10.1 Å². The van der Waals surface area contributed by atoms with E-state index in [1.54, 1.807) is 0 Å². The monoisotopic (exact) mass is 367 g/mol. The molecule has 9 heteroatoms. The third-order valence-electron chi connectivity index (χ3n) is 3.58. The molecule has 1 aliphatic rings. The van der Waals surface area contributed by atoms with Crippen molar-refractivity contribution in [2.24, 2.45) is 0 Å². The van der Waals surface area contributed by atoms with Crippen molar-refractivity contribution in [3.05, 3.63) is 47.3 Å². The topological polar surface area (TPSA) is 102 Å². The number of sulfonamides is 1. The standard InChI is InChI=1S/C16H14FNO6S/c1-9-6-10(17)2-3-15(9)25(21,22)18-12-8-14-13(23-4-5-24-14)7-11(12)16(19)20/h2-3,6-8,18H,4-5H2,1H3,(H,19,20). The van der Waals surface area contributed by atoms with Crippen LogP contribution in [0.5, 0.6) is 11.5 Å². The first kappa shape index (κ1) is 17.0. The van der Waals surface area contributed by atoms with Crippen molar-refractivity contribution in [1.29, 1.82) is 0 Å². The number of nitrogens with one attached hydrogen (secondary N) is 1. The van der Waals surface area contributed by atoms with Gasteiger partial charge in [-0.15, -0.1) is 0 Å². The molecule has 0 saturated heterocycles. The van der Waals surface area contributed by atoms with E-state index < -0.39 is 21.8 Å². The Hall–Kier alpha value is -2.81. The van der Waals surface area contributed by atoms with Gasteiger partial charge in [-0.05, 0) is 30.7 Å². The van der Waals surface area contributed by atoms with Crippen LogP contribution in [0.25, 0.3) is 0 Å². The molecule has 0 spiro atoms. The minimum absolute atomic E-state index is 0.153. The molecule has 25 heavy (non-hydrogen) atoms. The van der Waals surface area contributed by atoms with Gasteiger partial charge in [0.05, 0.1) is 16.1 Å². The zero-order valence-corrected chi connectivity index (χ0v) is 13.9. The summed E-state index contributed by atoms with van der Waals surface area (Å²) in [5.41, 5.74) is -0.255. The number of benzene rings is 2. The third-order valence-corrected chi connectivity index (χ3v) is 5.11. The molecule has 2 aromatic carbocycles. The highest BCUT2D eigenvalue weighted by molar-refractivity contribution is 7.92. The second-order valence-electron chi connectivity index (χ2n) is 5.36. The van der Waals surface area contributed by atoms with E-state index in [0.717, 1.165) is 18.2 Å². The predicted molar refractivity (Wildman–Crippen MR) is 86.3 cm³/mol. The normalized spacial score (nSPS) is 13.4. The fourth-order valence-electron chi connectivity index (χ4n) is 2.46. The predicted octanol–water partition coefficient (Wildman–Crippen LogP) is 2.40. The molecule has 3 rings (SSSR count). The highest BCUT2D eigenvalue weighted by atomic mass is 32.2. The van der Waals surface area contributed by atoms with Gasteiger partial charge in [0.25, 0.3) is 10.0 Å². The summed E-state index contributed by atoms with van der Waals surface area (Å²) in [6.45, 7) is 1.98. The molecule has 0 saturated carbocycles. The van der Waals surface area contributed by atoms with E-state index in [9.17, 15) is 22.7 Å². The molecule has 2 aromatic rings. The highest BCUT2D eigenvalue weighted by Crippen LogP contribution is 2.36. The van der Waals surface area contributed by atoms with E-state index in [2.05, 4.69) is 4.72 Å². The van der Waals surface area contributed by atoms with Crippen molar-refractivity contribution in [2.75, 3.05) is 17.9 Å². The summed E-state index contributed by atoms with van der Waals surface area (Å²) in [4.78, 5) is 11.3. The van der Waals surface area contributed by atoms with E-state index in [0.29, 0.717) is 0 Å². The number of rotatable bonds is 4. The van der Waals surface area contributed by atoms with Crippen LogP contribution in [0.3, 0.4) is 0 Å². The van der Waals surface area contributed by atoms with Crippen LogP contribution < -0.4 is 14.2 Å². The van der Waals surface area contributed by atoms with Gasteiger partial charge in [0.2, 0.25) is 0 Å². The van der Waals surface area contributed by atoms with Crippen LogP contribution in [-0.2, 0) is 10.0 Å². The quantitative estimate of drug-likeness (QED) is 0.860. The second-order valence-corrected chi connectivity index (χ2v) is 7.01. The zero-order chi connectivity index (χ0) is 18.2. The maximum absolute atomic E-state index is 13.2. The molecule has 0 amide bonds. The third kappa shape index (κ3) is 3.36. The lowest BCUT2D eigenvalue weighted by Gasteiger charge is -2.21. The molecule has 0 aromatic heterocycles. The van der Waals surface area contributed by atoms with Crippen LogP contribution >= 0.6 is 0 Å². The summed E-state index contributed by atoms with van der Waals surface area (Å²) in [5, 5.41) is 9.34. The molecule has 0 bridgehead atoms. The van der Waals surface area contributed by atoms with Crippen LogP contribution in [0.15, 0.2) is 35.2 Å². The van der Waals surface area contributed by atoms with Crippen LogP contribution in [-0.4, -0.2) is 32.7 Å². The number of fused-ring (bicyclic) bond motifs is 1. The van der Waals surface area contributed by atoms with Gasteiger partial charge >= 0.3 is 5.97 Å². The lowest BCUT2D eigenvalue weighted by atomic mass is 10.1. The molecule has 1 heterocycles. The van der Waals surface area contributed by atoms with Gasteiger partial charge in [0.15, 0.2) is 11.5 Å². The van der Waals surface area contributed by atoms with Crippen molar-refractivity contribution in [3.8, 4) is 11.5 Å². The van der Waals surface area contributed by atoms with Crippen molar-refractivity contribution in [1.82, 2.24) is 0 Å². The number of hydrogen-bond acceptors (Lipinski definition) is 5. The zero-order valence-electron chi connectivity index (χ0n) is 13.1. The number of anilines is 1. The van der Waals surface area contributed by atoms with E-state index in [1.807, 2.05) is 0 Å². The molecule has 1 aliphatic heterocycles. The van der Waals surface area contributed by atoms with Crippen molar-refractivity contribution in [2.45, 2.75) is 11.8 Å². The molecule has 0 radical (unpaired) electrons. The first-order valence-corrected chi connectivity index (χ1v) is 8.72. The lowest BCUT2D eigenvalue weighted by Crippen LogP contribution is -2.19. The van der Waals surface area contributed by atoms with Gasteiger partial charge in [-0.3, -0.25) is 4.72 Å². The van der Waals surface area contributed by atoms with Gasteiger partial charge in [-0.25, -0.2) is 17.6 Å². The Bertz CT molecular complexity index is 957. The fraction of sp³-hybridized carbons (Fsp3) is 0.188. The van der Waals surface area contributed by atoms with Crippen LogP contribution in [0, 0.1) is 12.7 Å². The summed E-state index contributed by atoms with van der Waals surface area (Å²) in [6, 6.07) is 5.67. The molecule has 2 N–H and O–H groups in total. The SMILES string of the molecule is Cc1cc(F)ccc1S(=O)(=O)Nc1cc2c(cc1C(=O)O)OCCO2. The number of carboxylic acid groups (broad SMARTS) is 1. The van der Waals surface area contributed by atoms with E-state index in [4.69, 9.17) is 9.47 Å². The smallest absolute Gasteiger partial charge is 0.337 e. The second kappa shape index (κ2) is 6.25. The Labute approximate surface area is 143 Å². The number of carboxylic acids is 1. The first-order chi connectivity index (χ1) is 11.8. The number of aromatic carboxylic acids is 1. The summed E-state index contributed by atoms with van der Waals surface area (Å²) >= 11 is 0. The van der Waals surface area contributed by atoms with Gasteiger partial charge < -0.3 is 14.6 Å². The number of carbonyl (C=O) groups is 1. The Morgan fingerprint density at radius 1 is 1.16 bits per heavy atom. The van der Waals surface area contributed by atoms with Gasteiger partial charge in [-0.2, -0.15) is 0 Å².